The van der Waals surface area contributed by atoms with Crippen LogP contribution in [0.1, 0.15) is 29.1 Å². The lowest BCUT2D eigenvalue weighted by Crippen LogP contribution is -2.21. The van der Waals surface area contributed by atoms with Crippen molar-refractivity contribution in [3.05, 3.63) is 64.4 Å². The van der Waals surface area contributed by atoms with E-state index in [1.807, 2.05) is 24.3 Å². The summed E-state index contributed by atoms with van der Waals surface area (Å²) >= 11 is 1.04. The van der Waals surface area contributed by atoms with Crippen molar-refractivity contribution in [1.29, 1.82) is 0 Å². The minimum Gasteiger partial charge on any atom is -0.496 e. The first-order valence-corrected chi connectivity index (χ1v) is 11.4. The predicted molar refractivity (Wildman–Crippen MR) is 137 cm³/mol. The predicted octanol–water partition coefficient (Wildman–Crippen LogP) is 3.13. The number of amides is 1. The number of anilines is 2. The minimum atomic E-state index is -0.837. The molecule has 0 fully saturated rings. The number of methoxy groups -OCH3 is 3. The van der Waals surface area contributed by atoms with E-state index in [-0.39, 0.29) is 28.9 Å². The first kappa shape index (κ1) is 26.4. The Morgan fingerprint density at radius 3 is 2.72 bits per heavy atom. The average molecular weight is 515 g/mol. The molecule has 4 N–H and O–H groups in total. The van der Waals surface area contributed by atoms with E-state index >= 15 is 0 Å². The summed E-state index contributed by atoms with van der Waals surface area (Å²) in [6.45, 7) is 1.98. The van der Waals surface area contributed by atoms with E-state index in [4.69, 9.17) is 24.4 Å². The summed E-state index contributed by atoms with van der Waals surface area (Å²) in [6, 6.07) is 8.29. The molecule has 1 aromatic carbocycles. The van der Waals surface area contributed by atoms with Gasteiger partial charge in [0.05, 0.1) is 32.6 Å². The summed E-state index contributed by atoms with van der Waals surface area (Å²) in [4.78, 5) is 29.7. The summed E-state index contributed by atoms with van der Waals surface area (Å²) in [5.74, 6) is -0.442. The molecule has 190 valence electrons. The lowest BCUT2D eigenvalue weighted by atomic mass is 10.1. The van der Waals surface area contributed by atoms with Crippen molar-refractivity contribution in [3.63, 3.8) is 0 Å². The maximum Gasteiger partial charge on any atom is 0.381 e. The number of hydrogen-bond donors (Lipinski definition) is 3. The van der Waals surface area contributed by atoms with E-state index in [9.17, 15) is 9.59 Å². The fourth-order valence-corrected chi connectivity index (χ4v) is 3.88. The Morgan fingerprint density at radius 1 is 1.25 bits per heavy atom. The second-order valence-corrected chi connectivity index (χ2v) is 8.15. The number of ether oxygens (including phenoxy) is 3. The zero-order valence-corrected chi connectivity index (χ0v) is 20.9. The number of nitrogens with one attached hydrogen (secondary N) is 2. The lowest BCUT2D eigenvalue weighted by molar-refractivity contribution is 0.0991. The van der Waals surface area contributed by atoms with Crippen molar-refractivity contribution < 1.29 is 23.4 Å². The van der Waals surface area contributed by atoms with Crippen LogP contribution in [0, 0.1) is 0 Å². The van der Waals surface area contributed by atoms with Crippen LogP contribution in [-0.4, -0.2) is 49.8 Å². The number of nitrogens with two attached hydrogens (primary N) is 1. The highest BCUT2D eigenvalue weighted by atomic mass is 32.1. The average Bonchev–Trinajstić information content (AvgIpc) is 3.29. The molecule has 0 aliphatic rings. The molecule has 0 unspecified atom stereocenters. The molecule has 0 radical (unpaired) electrons. The molecule has 1 atom stereocenters. The first-order chi connectivity index (χ1) is 17.4. The van der Waals surface area contributed by atoms with Crippen LogP contribution in [0.4, 0.5) is 16.0 Å². The number of allylic oxidation sites excluding steroid dienone is 1. The summed E-state index contributed by atoms with van der Waals surface area (Å²) in [5.41, 5.74) is 6.14. The van der Waals surface area contributed by atoms with Crippen LogP contribution in [0.25, 0.3) is 0 Å². The number of aromatic nitrogens is 2. The molecule has 12 nitrogen and oxygen atoms in total. The van der Waals surface area contributed by atoms with Crippen molar-refractivity contribution in [2.45, 2.75) is 13.0 Å². The highest BCUT2D eigenvalue weighted by Gasteiger charge is 2.23. The highest BCUT2D eigenvalue weighted by Crippen LogP contribution is 2.31. The normalized spacial score (nSPS) is 12.4. The largest absolute Gasteiger partial charge is 0.496 e. The quantitative estimate of drug-likeness (QED) is 0.324. The number of carbonyl (C=O) groups is 1. The van der Waals surface area contributed by atoms with Gasteiger partial charge >= 0.3 is 5.63 Å². The molecule has 36 heavy (non-hydrogen) atoms. The van der Waals surface area contributed by atoms with E-state index in [2.05, 4.69) is 25.8 Å². The van der Waals surface area contributed by atoms with E-state index in [0.29, 0.717) is 16.6 Å². The molecule has 0 aliphatic heterocycles. The van der Waals surface area contributed by atoms with Gasteiger partial charge in [-0.05, 0) is 25.3 Å². The van der Waals surface area contributed by atoms with Gasteiger partial charge in [0.1, 0.15) is 5.75 Å². The molecule has 0 aliphatic carbocycles. The molecular formula is C23H26N6O6S. The van der Waals surface area contributed by atoms with Gasteiger partial charge in [-0.15, -0.1) is 10.2 Å². The molecule has 0 bridgehead atoms. The third-order valence-corrected chi connectivity index (χ3v) is 5.49. The van der Waals surface area contributed by atoms with Gasteiger partial charge in [0.25, 0.3) is 5.91 Å². The molecule has 0 saturated carbocycles. The van der Waals surface area contributed by atoms with E-state index in [1.165, 1.54) is 19.4 Å². The van der Waals surface area contributed by atoms with Gasteiger partial charge in [0, 0.05) is 24.5 Å². The Labute approximate surface area is 210 Å². The number of rotatable bonds is 11. The molecule has 3 rings (SSSR count). The first-order valence-electron chi connectivity index (χ1n) is 10.6. The number of nitrogens with zero attached hydrogens (tertiary/aromatic N) is 3. The fraction of sp³-hybridized carbons (Fsp3) is 0.261. The number of para-hydroxylation sites is 1. The summed E-state index contributed by atoms with van der Waals surface area (Å²) in [5, 5.41) is 14.0. The van der Waals surface area contributed by atoms with E-state index in [1.54, 1.807) is 27.2 Å². The zero-order chi connectivity index (χ0) is 26.1. The maximum atomic E-state index is 12.9. The lowest BCUT2D eigenvalue weighted by Gasteiger charge is -2.22. The van der Waals surface area contributed by atoms with Crippen LogP contribution in [0.15, 0.2) is 56.8 Å². The molecule has 0 saturated heterocycles. The van der Waals surface area contributed by atoms with Crippen LogP contribution in [0.2, 0.25) is 0 Å². The summed E-state index contributed by atoms with van der Waals surface area (Å²) in [7, 11) is 4.44. The smallest absolute Gasteiger partial charge is 0.381 e. The van der Waals surface area contributed by atoms with Gasteiger partial charge in [-0.25, -0.2) is 9.79 Å². The standard InChI is InChI=1S/C23H26N6O6S/c1-13(9-10-24)25-22-28-29-23(36-22)27-20(30)18-11-15(19(34-4)21(31)35-18)26-16(12-32-2)14-7-5-6-8-17(14)33-3/h5-11,16,26H,12,24H2,1-4H3,(H,27,29,30)/t16-/m0/s1. The Balaban J connectivity index is 1.89. The second-order valence-electron chi connectivity index (χ2n) is 7.20. The topological polar surface area (TPSA) is 163 Å². The monoisotopic (exact) mass is 514 g/mol. The second kappa shape index (κ2) is 12.5. The molecule has 3 aromatic rings. The Bertz CT molecular complexity index is 1320. The molecule has 2 heterocycles. The Hall–Kier alpha value is -4.23. The number of hydrogen-bond acceptors (Lipinski definition) is 12. The molecule has 13 heteroatoms. The van der Waals surface area contributed by atoms with Crippen LogP contribution in [-0.2, 0) is 4.74 Å². The summed E-state index contributed by atoms with van der Waals surface area (Å²) in [6.07, 6.45) is 2.95. The van der Waals surface area contributed by atoms with Crippen molar-refractivity contribution in [3.8, 4) is 11.5 Å². The zero-order valence-electron chi connectivity index (χ0n) is 20.1. The highest BCUT2D eigenvalue weighted by molar-refractivity contribution is 7.18. The van der Waals surface area contributed by atoms with E-state index in [0.717, 1.165) is 16.9 Å². The number of aliphatic imine (C=N–C) groups is 1. The van der Waals surface area contributed by atoms with Crippen molar-refractivity contribution >= 4 is 38.9 Å². The van der Waals surface area contributed by atoms with Crippen molar-refractivity contribution in [2.24, 2.45) is 10.7 Å². The van der Waals surface area contributed by atoms with Crippen LogP contribution in [0.5, 0.6) is 11.5 Å². The van der Waals surface area contributed by atoms with Gasteiger partial charge in [0.15, 0.2) is 5.76 Å². The SMILES string of the molecule is COC[C@H](Nc1cc(C(=O)Nc2nnc(N=C(C)C=CN)s2)oc(=O)c1OC)c1ccccc1OC. The fourth-order valence-electron chi connectivity index (χ4n) is 3.21. The molecule has 2 aromatic heterocycles. The van der Waals surface area contributed by atoms with Crippen LogP contribution < -0.4 is 31.5 Å². The Morgan fingerprint density at radius 2 is 2.03 bits per heavy atom. The minimum absolute atomic E-state index is 0.0986. The number of carbonyl (C=O) groups excluding carboxylic acids is 1. The number of benzene rings is 1. The Kier molecular flexibility index (Phi) is 9.13. The third-order valence-electron chi connectivity index (χ3n) is 4.76. The molecule has 0 spiro atoms. The summed E-state index contributed by atoms with van der Waals surface area (Å²) < 4.78 is 21.2. The van der Waals surface area contributed by atoms with Crippen molar-refractivity contribution in [1.82, 2.24) is 10.2 Å². The van der Waals surface area contributed by atoms with Crippen LogP contribution >= 0.6 is 11.3 Å². The maximum absolute atomic E-state index is 12.9. The van der Waals surface area contributed by atoms with Crippen LogP contribution in [0.3, 0.4) is 0 Å². The molecular weight excluding hydrogens is 488 g/mol. The van der Waals surface area contributed by atoms with Gasteiger partial charge in [-0.3, -0.25) is 10.1 Å². The van der Waals surface area contributed by atoms with Gasteiger partial charge < -0.3 is 29.7 Å². The van der Waals surface area contributed by atoms with E-state index < -0.39 is 17.6 Å². The van der Waals surface area contributed by atoms with Gasteiger partial charge in [-0.2, -0.15) is 0 Å². The third kappa shape index (κ3) is 6.46. The van der Waals surface area contributed by atoms with Gasteiger partial charge in [-0.1, -0.05) is 29.5 Å². The van der Waals surface area contributed by atoms with Crippen molar-refractivity contribution in [2.75, 3.05) is 38.6 Å². The van der Waals surface area contributed by atoms with Gasteiger partial charge in [0.2, 0.25) is 16.0 Å². The molecule has 1 amide bonds.